The summed E-state index contributed by atoms with van der Waals surface area (Å²) >= 11 is 9.50. The van der Waals surface area contributed by atoms with Gasteiger partial charge in [0.25, 0.3) is 0 Å². The topological polar surface area (TPSA) is 56.0 Å². The van der Waals surface area contributed by atoms with Crippen LogP contribution in [-0.2, 0) is 0 Å². The van der Waals surface area contributed by atoms with Crippen molar-refractivity contribution in [2.75, 3.05) is 0 Å². The molecule has 0 amide bonds. The van der Waals surface area contributed by atoms with Crippen molar-refractivity contribution in [3.8, 4) is 0 Å². The van der Waals surface area contributed by atoms with E-state index in [2.05, 4.69) is 20.9 Å². The van der Waals surface area contributed by atoms with E-state index in [9.17, 15) is 10.1 Å². The molecule has 0 unspecified atom stereocenters. The fourth-order valence-corrected chi connectivity index (χ4v) is 2.43. The van der Waals surface area contributed by atoms with Gasteiger partial charge >= 0.3 is 5.69 Å². The van der Waals surface area contributed by atoms with Crippen molar-refractivity contribution in [3.05, 3.63) is 43.0 Å². The summed E-state index contributed by atoms with van der Waals surface area (Å²) in [4.78, 5) is 14.4. The minimum atomic E-state index is -0.526. The van der Waals surface area contributed by atoms with Crippen LogP contribution in [0.5, 0.6) is 0 Å². The summed E-state index contributed by atoms with van der Waals surface area (Å²) in [5, 5.41) is 11.6. The smallest absolute Gasteiger partial charge is 0.258 e. The van der Waals surface area contributed by atoms with Gasteiger partial charge in [-0.25, -0.2) is 4.98 Å². The van der Waals surface area contributed by atoms with E-state index in [1.807, 2.05) is 19.9 Å². The van der Waals surface area contributed by atoms with Crippen LogP contribution in [0.15, 0.2) is 16.7 Å². The van der Waals surface area contributed by atoms with Gasteiger partial charge in [-0.2, -0.15) is 0 Å². The van der Waals surface area contributed by atoms with Gasteiger partial charge in [-0.1, -0.05) is 27.5 Å². The van der Waals surface area contributed by atoms with Crippen molar-refractivity contribution in [1.29, 1.82) is 0 Å². The highest BCUT2D eigenvalue weighted by molar-refractivity contribution is 9.10. The van der Waals surface area contributed by atoms with Gasteiger partial charge in [-0.05, 0) is 31.0 Å². The molecule has 0 spiro atoms. The Balaban J connectivity index is 2.95. The highest BCUT2D eigenvalue weighted by atomic mass is 79.9. The van der Waals surface area contributed by atoms with Crippen LogP contribution in [0.2, 0.25) is 5.02 Å². The zero-order valence-corrected chi connectivity index (χ0v) is 11.5. The first kappa shape index (κ1) is 12.3. The summed E-state index contributed by atoms with van der Waals surface area (Å²) in [6, 6.07) is 1.85. The zero-order chi connectivity index (χ0) is 12.7. The van der Waals surface area contributed by atoms with Crippen molar-refractivity contribution >= 4 is 44.1 Å². The van der Waals surface area contributed by atoms with Gasteiger partial charge in [0, 0.05) is 9.86 Å². The van der Waals surface area contributed by atoms with E-state index >= 15 is 0 Å². The first-order valence-electron chi connectivity index (χ1n) is 4.81. The van der Waals surface area contributed by atoms with Gasteiger partial charge in [-0.15, -0.1) is 0 Å². The Morgan fingerprint density at radius 1 is 1.47 bits per heavy atom. The molecule has 2 aromatic rings. The molecule has 0 fully saturated rings. The predicted molar refractivity (Wildman–Crippen MR) is 70.6 cm³/mol. The predicted octanol–water partition coefficient (Wildman–Crippen LogP) is 4.18. The number of nitrogens with zero attached hydrogens (tertiary/aromatic N) is 2. The number of benzene rings is 1. The molecule has 88 valence electrons. The van der Waals surface area contributed by atoms with Gasteiger partial charge < -0.3 is 0 Å². The molecule has 4 nitrogen and oxygen atoms in total. The lowest BCUT2D eigenvalue weighted by Crippen LogP contribution is -1.94. The van der Waals surface area contributed by atoms with Crippen LogP contribution in [0.3, 0.4) is 0 Å². The molecule has 0 aliphatic rings. The van der Waals surface area contributed by atoms with E-state index in [0.29, 0.717) is 10.9 Å². The van der Waals surface area contributed by atoms with E-state index in [-0.39, 0.29) is 10.7 Å². The molecular weight excluding hydrogens is 307 g/mol. The molecular formula is C11H8BrClN2O2. The SMILES string of the molecule is Cc1cc2ncc([N+](=O)[O-])c(Cl)c2c(C)c1Br. The maximum Gasteiger partial charge on any atom is 0.306 e. The normalized spacial score (nSPS) is 10.8. The number of fused-ring (bicyclic) bond motifs is 1. The maximum atomic E-state index is 10.8. The third-order valence-electron chi connectivity index (χ3n) is 2.63. The Morgan fingerprint density at radius 3 is 2.71 bits per heavy atom. The van der Waals surface area contributed by atoms with E-state index in [0.717, 1.165) is 15.6 Å². The standard InChI is InChI=1S/C11H8BrClN2O2/c1-5-3-7-9(6(2)10(5)12)11(13)8(4-14-7)15(16)17/h3-4H,1-2H3. The van der Waals surface area contributed by atoms with Crippen LogP contribution in [-0.4, -0.2) is 9.91 Å². The van der Waals surface area contributed by atoms with Gasteiger partial charge in [0.2, 0.25) is 0 Å². The van der Waals surface area contributed by atoms with Gasteiger partial charge in [0.05, 0.1) is 10.4 Å². The Kier molecular flexibility index (Phi) is 3.05. The van der Waals surface area contributed by atoms with Crippen LogP contribution in [0.4, 0.5) is 5.69 Å². The molecule has 0 bridgehead atoms. The molecule has 2 rings (SSSR count). The average molecular weight is 316 g/mol. The fourth-order valence-electron chi connectivity index (χ4n) is 1.76. The minimum Gasteiger partial charge on any atom is -0.258 e. The molecule has 0 radical (unpaired) electrons. The third kappa shape index (κ3) is 1.89. The largest absolute Gasteiger partial charge is 0.306 e. The number of rotatable bonds is 1. The molecule has 0 N–H and O–H groups in total. The van der Waals surface area contributed by atoms with Crippen molar-refractivity contribution in [2.45, 2.75) is 13.8 Å². The first-order chi connectivity index (χ1) is 7.93. The maximum absolute atomic E-state index is 10.8. The second kappa shape index (κ2) is 4.23. The monoisotopic (exact) mass is 314 g/mol. The lowest BCUT2D eigenvalue weighted by molar-refractivity contribution is -0.384. The van der Waals surface area contributed by atoms with Crippen molar-refractivity contribution < 1.29 is 4.92 Å². The molecule has 17 heavy (non-hydrogen) atoms. The van der Waals surface area contributed by atoms with Crippen molar-refractivity contribution in [3.63, 3.8) is 0 Å². The number of aryl methyl sites for hydroxylation is 2. The molecule has 0 atom stereocenters. The summed E-state index contributed by atoms with van der Waals surface area (Å²) in [5.41, 5.74) is 2.38. The number of halogens is 2. The Bertz CT molecular complexity index is 643. The minimum absolute atomic E-state index is 0.137. The Morgan fingerprint density at radius 2 is 2.12 bits per heavy atom. The van der Waals surface area contributed by atoms with Crippen LogP contribution < -0.4 is 0 Å². The van der Waals surface area contributed by atoms with Crippen LogP contribution in [0, 0.1) is 24.0 Å². The lowest BCUT2D eigenvalue weighted by Gasteiger charge is -2.09. The molecule has 1 heterocycles. The number of pyridine rings is 1. The highest BCUT2D eigenvalue weighted by Crippen LogP contribution is 2.37. The van der Waals surface area contributed by atoms with Gasteiger partial charge in [-0.3, -0.25) is 10.1 Å². The highest BCUT2D eigenvalue weighted by Gasteiger charge is 2.19. The summed E-state index contributed by atoms with van der Waals surface area (Å²) in [6.07, 6.45) is 1.19. The first-order valence-corrected chi connectivity index (χ1v) is 5.99. The van der Waals surface area contributed by atoms with Crippen LogP contribution in [0.25, 0.3) is 10.9 Å². The van der Waals surface area contributed by atoms with E-state index in [1.165, 1.54) is 6.20 Å². The number of nitro groups is 1. The van der Waals surface area contributed by atoms with E-state index in [1.54, 1.807) is 0 Å². The third-order valence-corrected chi connectivity index (χ3v) is 4.23. The quantitative estimate of drug-likeness (QED) is 0.586. The van der Waals surface area contributed by atoms with Gasteiger partial charge in [0.15, 0.2) is 0 Å². The Labute approximate surface area is 111 Å². The summed E-state index contributed by atoms with van der Waals surface area (Å²) in [6.45, 7) is 3.80. The molecule has 0 saturated carbocycles. The summed E-state index contributed by atoms with van der Waals surface area (Å²) in [5.74, 6) is 0. The molecule has 1 aromatic carbocycles. The fraction of sp³-hybridized carbons (Fsp3) is 0.182. The second-order valence-electron chi connectivity index (χ2n) is 3.74. The number of hydrogen-bond donors (Lipinski definition) is 0. The molecule has 6 heteroatoms. The van der Waals surface area contributed by atoms with Crippen LogP contribution in [0.1, 0.15) is 11.1 Å². The summed E-state index contributed by atoms with van der Waals surface area (Å²) in [7, 11) is 0. The molecule has 0 aliphatic carbocycles. The van der Waals surface area contributed by atoms with Crippen molar-refractivity contribution in [2.24, 2.45) is 0 Å². The van der Waals surface area contributed by atoms with E-state index < -0.39 is 4.92 Å². The molecule has 0 saturated heterocycles. The Hall–Kier alpha value is -1.20. The zero-order valence-electron chi connectivity index (χ0n) is 9.12. The average Bonchev–Trinajstić information content (AvgIpc) is 2.25. The van der Waals surface area contributed by atoms with E-state index in [4.69, 9.17) is 11.6 Å². The number of hydrogen-bond acceptors (Lipinski definition) is 3. The number of aromatic nitrogens is 1. The van der Waals surface area contributed by atoms with Gasteiger partial charge in [0.1, 0.15) is 11.2 Å². The second-order valence-corrected chi connectivity index (χ2v) is 4.91. The molecule has 1 aromatic heterocycles. The van der Waals surface area contributed by atoms with Crippen molar-refractivity contribution in [1.82, 2.24) is 4.98 Å². The lowest BCUT2D eigenvalue weighted by atomic mass is 10.1. The summed E-state index contributed by atoms with van der Waals surface area (Å²) < 4.78 is 0.897. The van der Waals surface area contributed by atoms with Crippen LogP contribution >= 0.6 is 27.5 Å². The molecule has 0 aliphatic heterocycles.